The van der Waals surface area contributed by atoms with Gasteiger partial charge in [-0.2, -0.15) is 0 Å². The predicted octanol–water partition coefficient (Wildman–Crippen LogP) is 4.61. The Labute approximate surface area is 236 Å². The summed E-state index contributed by atoms with van der Waals surface area (Å²) in [4.78, 5) is 49.2. The number of phenols is 1. The molecule has 12 heteroatoms. The van der Waals surface area contributed by atoms with E-state index in [9.17, 15) is 19.5 Å². The molecule has 1 unspecified atom stereocenters. The quantitative estimate of drug-likeness (QED) is 0.557. The van der Waals surface area contributed by atoms with Crippen LogP contribution in [0.5, 0.6) is 11.5 Å². The van der Waals surface area contributed by atoms with E-state index in [1.807, 2.05) is 6.92 Å². The Hall–Kier alpha value is -3.60. The molecule has 5 rings (SSSR count). The molecule has 0 aliphatic carbocycles. The fourth-order valence-corrected chi connectivity index (χ4v) is 5.68. The number of amides is 3. The molecule has 0 saturated carbocycles. The van der Waals surface area contributed by atoms with Gasteiger partial charge in [0.15, 0.2) is 11.6 Å². The number of pyridine rings is 1. The zero-order chi connectivity index (χ0) is 28.9. The normalized spacial score (nSPS) is 21.4. The molecule has 2 fully saturated rings. The van der Waals surface area contributed by atoms with Gasteiger partial charge in [-0.15, -0.1) is 0 Å². The minimum atomic E-state index is -0.774. The SMILES string of the molecule is CC1CCCC(=O)N1c1nc(-c2c(O)cccc2F)c(Cl)c2c1C(=O)N1CCN(C(=O)OC(C)(C)C)C[C@@H]1CO2. The lowest BCUT2D eigenvalue weighted by molar-refractivity contribution is -0.120. The Morgan fingerprint density at radius 2 is 1.98 bits per heavy atom. The van der Waals surface area contributed by atoms with Gasteiger partial charge in [-0.1, -0.05) is 17.7 Å². The van der Waals surface area contributed by atoms with Crippen molar-refractivity contribution >= 4 is 35.3 Å². The minimum absolute atomic E-state index is 0.0000952. The van der Waals surface area contributed by atoms with Gasteiger partial charge in [-0.3, -0.25) is 14.5 Å². The molecule has 0 radical (unpaired) electrons. The average Bonchev–Trinajstić information content (AvgIpc) is 3.01. The van der Waals surface area contributed by atoms with Crippen molar-refractivity contribution in [2.45, 2.75) is 64.6 Å². The molecule has 3 aliphatic heterocycles. The number of hydrogen-bond acceptors (Lipinski definition) is 7. The summed E-state index contributed by atoms with van der Waals surface area (Å²) in [5.41, 5.74) is -1.08. The van der Waals surface area contributed by atoms with Crippen LogP contribution in [0.1, 0.15) is 57.3 Å². The van der Waals surface area contributed by atoms with Crippen molar-refractivity contribution in [3.63, 3.8) is 0 Å². The number of carbonyl (C=O) groups excluding carboxylic acids is 3. The second-order valence-electron chi connectivity index (χ2n) is 11.3. The zero-order valence-electron chi connectivity index (χ0n) is 22.9. The van der Waals surface area contributed by atoms with E-state index in [0.717, 1.165) is 6.07 Å². The van der Waals surface area contributed by atoms with E-state index in [-0.39, 0.29) is 78.0 Å². The van der Waals surface area contributed by atoms with Crippen LogP contribution in [0, 0.1) is 5.82 Å². The molecule has 3 aliphatic rings. The first-order chi connectivity index (χ1) is 18.9. The highest BCUT2D eigenvalue weighted by molar-refractivity contribution is 6.35. The van der Waals surface area contributed by atoms with Crippen LogP contribution in [0.25, 0.3) is 11.3 Å². The summed E-state index contributed by atoms with van der Waals surface area (Å²) >= 11 is 6.75. The summed E-state index contributed by atoms with van der Waals surface area (Å²) in [6.45, 7) is 7.76. The topological polar surface area (TPSA) is 113 Å². The van der Waals surface area contributed by atoms with E-state index in [1.54, 1.807) is 25.7 Å². The zero-order valence-corrected chi connectivity index (χ0v) is 23.6. The van der Waals surface area contributed by atoms with Crippen LogP contribution in [0.15, 0.2) is 18.2 Å². The summed E-state index contributed by atoms with van der Waals surface area (Å²) in [5, 5.41) is 10.4. The lowest BCUT2D eigenvalue weighted by Gasteiger charge is -2.40. The van der Waals surface area contributed by atoms with E-state index in [1.165, 1.54) is 21.9 Å². The molecule has 0 spiro atoms. The van der Waals surface area contributed by atoms with Crippen LogP contribution < -0.4 is 9.64 Å². The first-order valence-electron chi connectivity index (χ1n) is 13.3. The highest BCUT2D eigenvalue weighted by Crippen LogP contribution is 2.46. The number of hydrogen-bond donors (Lipinski definition) is 1. The molecule has 2 aromatic rings. The van der Waals surface area contributed by atoms with Crippen molar-refractivity contribution in [2.24, 2.45) is 0 Å². The number of piperazine rings is 1. The smallest absolute Gasteiger partial charge is 0.410 e. The number of fused-ring (bicyclic) bond motifs is 2. The van der Waals surface area contributed by atoms with Crippen LogP contribution in [0.4, 0.5) is 15.0 Å². The van der Waals surface area contributed by atoms with Crippen molar-refractivity contribution in [1.29, 1.82) is 0 Å². The van der Waals surface area contributed by atoms with Gasteiger partial charge in [0, 0.05) is 32.1 Å². The van der Waals surface area contributed by atoms with Gasteiger partial charge in [0.2, 0.25) is 5.91 Å². The Balaban J connectivity index is 1.62. The van der Waals surface area contributed by atoms with Gasteiger partial charge < -0.3 is 24.4 Å². The molecule has 40 heavy (non-hydrogen) atoms. The molecule has 2 atom stereocenters. The van der Waals surface area contributed by atoms with Gasteiger partial charge in [0.1, 0.15) is 40.1 Å². The molecular weight excluding hydrogens is 543 g/mol. The second-order valence-corrected chi connectivity index (χ2v) is 11.7. The number of phenolic OH excluding ortho intramolecular Hbond substituents is 1. The van der Waals surface area contributed by atoms with E-state index < -0.39 is 35.2 Å². The second kappa shape index (κ2) is 10.4. The maximum absolute atomic E-state index is 15.0. The van der Waals surface area contributed by atoms with Crippen molar-refractivity contribution in [3.8, 4) is 22.8 Å². The van der Waals surface area contributed by atoms with Crippen molar-refractivity contribution in [1.82, 2.24) is 14.8 Å². The first-order valence-corrected chi connectivity index (χ1v) is 13.7. The number of benzene rings is 1. The fourth-order valence-electron chi connectivity index (χ4n) is 5.40. The van der Waals surface area contributed by atoms with Gasteiger partial charge in [-0.25, -0.2) is 14.2 Å². The monoisotopic (exact) mass is 574 g/mol. The Morgan fingerprint density at radius 3 is 2.65 bits per heavy atom. The molecule has 2 saturated heterocycles. The highest BCUT2D eigenvalue weighted by atomic mass is 35.5. The Morgan fingerprint density at radius 1 is 1.23 bits per heavy atom. The van der Waals surface area contributed by atoms with Crippen LogP contribution in [0.2, 0.25) is 5.02 Å². The lowest BCUT2D eigenvalue weighted by Crippen LogP contribution is -2.58. The third-order valence-electron chi connectivity index (χ3n) is 7.28. The van der Waals surface area contributed by atoms with E-state index >= 15 is 4.39 Å². The summed E-state index contributed by atoms with van der Waals surface area (Å²) in [6.07, 6.45) is 1.13. The molecule has 1 aromatic carbocycles. The van der Waals surface area contributed by atoms with Crippen molar-refractivity contribution in [3.05, 3.63) is 34.6 Å². The average molecular weight is 575 g/mol. The number of piperidine rings is 1. The van der Waals surface area contributed by atoms with Crippen LogP contribution >= 0.6 is 11.6 Å². The largest absolute Gasteiger partial charge is 0.507 e. The molecule has 214 valence electrons. The third kappa shape index (κ3) is 5.02. The lowest BCUT2D eigenvalue weighted by atomic mass is 10.0. The molecule has 1 N–H and O–H groups in total. The van der Waals surface area contributed by atoms with E-state index in [4.69, 9.17) is 21.1 Å². The predicted molar refractivity (Wildman–Crippen MR) is 145 cm³/mol. The molecule has 1 aromatic heterocycles. The number of carbonyl (C=O) groups is 3. The van der Waals surface area contributed by atoms with E-state index in [2.05, 4.69) is 4.98 Å². The van der Waals surface area contributed by atoms with Crippen LogP contribution in [-0.4, -0.2) is 81.7 Å². The summed E-state index contributed by atoms with van der Waals surface area (Å²) in [6, 6.07) is 2.97. The number of aromatic nitrogens is 1. The number of nitrogens with zero attached hydrogens (tertiary/aromatic N) is 4. The van der Waals surface area contributed by atoms with Crippen molar-refractivity contribution in [2.75, 3.05) is 31.1 Å². The van der Waals surface area contributed by atoms with Gasteiger partial charge in [-0.05, 0) is 52.7 Å². The van der Waals surface area contributed by atoms with E-state index in [0.29, 0.717) is 12.8 Å². The molecule has 3 amide bonds. The standard InChI is InChI=1S/C28H32ClFN4O6/c1-15-7-5-10-19(36)34(15)25-21-24(22(29)23(31-25)20-17(30)8-6-9-18(20)35)39-14-16-13-32(11-12-33(16)26(21)37)27(38)40-28(2,3)4/h6,8-9,15-16,35H,5,7,10-14H2,1-4H3/t15?,16-/m1/s1. The number of aromatic hydroxyl groups is 1. The Bertz CT molecular complexity index is 1360. The molecule has 10 nitrogen and oxygen atoms in total. The van der Waals surface area contributed by atoms with Gasteiger partial charge >= 0.3 is 6.09 Å². The maximum Gasteiger partial charge on any atom is 0.410 e. The minimum Gasteiger partial charge on any atom is -0.507 e. The molecule has 4 heterocycles. The number of ether oxygens (including phenoxy) is 2. The Kier molecular flexibility index (Phi) is 7.28. The maximum atomic E-state index is 15.0. The molecular formula is C28H32ClFN4O6. The summed E-state index contributed by atoms with van der Waals surface area (Å²) in [7, 11) is 0. The number of halogens is 2. The van der Waals surface area contributed by atoms with Crippen LogP contribution in [0.3, 0.4) is 0 Å². The van der Waals surface area contributed by atoms with Gasteiger partial charge in [0.05, 0.1) is 11.6 Å². The number of anilines is 1. The van der Waals surface area contributed by atoms with Gasteiger partial charge in [0.25, 0.3) is 5.91 Å². The highest BCUT2D eigenvalue weighted by Gasteiger charge is 2.43. The fraction of sp³-hybridized carbons (Fsp3) is 0.500. The van der Waals surface area contributed by atoms with Crippen molar-refractivity contribution < 1.29 is 33.4 Å². The third-order valence-corrected chi connectivity index (χ3v) is 7.63. The number of rotatable bonds is 2. The first kappa shape index (κ1) is 27.9. The molecule has 0 bridgehead atoms. The summed E-state index contributed by atoms with van der Waals surface area (Å²) in [5.74, 6) is -1.90. The summed E-state index contributed by atoms with van der Waals surface area (Å²) < 4.78 is 26.7. The van der Waals surface area contributed by atoms with Crippen LogP contribution in [-0.2, 0) is 9.53 Å².